The summed E-state index contributed by atoms with van der Waals surface area (Å²) in [5, 5.41) is 14.4. The second-order valence-electron chi connectivity index (χ2n) is 8.53. The molecule has 0 spiro atoms. The number of rotatable bonds is 8. The van der Waals surface area contributed by atoms with E-state index in [1.807, 2.05) is 24.3 Å². The Balaban J connectivity index is 1.21. The number of amides is 2. The van der Waals surface area contributed by atoms with Gasteiger partial charge in [-0.2, -0.15) is 0 Å². The summed E-state index contributed by atoms with van der Waals surface area (Å²) in [7, 11) is 0. The Bertz CT molecular complexity index is 1070. The molecule has 2 aromatic rings. The molecule has 2 aliphatic rings. The highest BCUT2D eigenvalue weighted by atomic mass is 16.5. The predicted molar refractivity (Wildman–Crippen MR) is 125 cm³/mol. The lowest BCUT2D eigenvalue weighted by Crippen LogP contribution is -2.33. The lowest BCUT2D eigenvalue weighted by Gasteiger charge is -2.14. The van der Waals surface area contributed by atoms with Gasteiger partial charge in [-0.25, -0.2) is 4.79 Å². The third-order valence-corrected chi connectivity index (χ3v) is 6.28. The summed E-state index contributed by atoms with van der Waals surface area (Å²) in [5.74, 6) is -1.72. The zero-order chi connectivity index (χ0) is 24.1. The zero-order valence-electron chi connectivity index (χ0n) is 19.0. The van der Waals surface area contributed by atoms with Crippen molar-refractivity contribution in [3.8, 4) is 11.1 Å². The number of alkyl carbamates (subject to hydrolysis) is 1. The Kier molecular flexibility index (Phi) is 7.27. The lowest BCUT2D eigenvalue weighted by atomic mass is 9.98. The highest BCUT2D eigenvalue weighted by Gasteiger charge is 2.31. The molecule has 0 saturated carbocycles. The zero-order valence-corrected chi connectivity index (χ0v) is 19.0. The molecule has 1 heterocycles. The van der Waals surface area contributed by atoms with E-state index in [4.69, 9.17) is 14.6 Å². The molecule has 2 unspecified atom stereocenters. The van der Waals surface area contributed by atoms with Crippen molar-refractivity contribution < 1.29 is 29.0 Å². The molecule has 8 nitrogen and oxygen atoms in total. The van der Waals surface area contributed by atoms with Gasteiger partial charge in [0, 0.05) is 24.6 Å². The number of benzene rings is 2. The molecular formula is C26H28N2O6. The van der Waals surface area contributed by atoms with Crippen molar-refractivity contribution in [1.29, 1.82) is 0 Å². The van der Waals surface area contributed by atoms with Crippen LogP contribution >= 0.6 is 0 Å². The van der Waals surface area contributed by atoms with E-state index in [-0.39, 0.29) is 44.2 Å². The smallest absolute Gasteiger partial charge is 0.407 e. The number of nitrogens with one attached hydrogen (secondary N) is 2. The molecule has 1 fully saturated rings. The number of carboxylic acid groups (broad SMARTS) is 1. The number of ether oxygens (including phenoxy) is 2. The maximum Gasteiger partial charge on any atom is 0.407 e. The monoisotopic (exact) mass is 464 g/mol. The summed E-state index contributed by atoms with van der Waals surface area (Å²) in [5.41, 5.74) is 5.05. The van der Waals surface area contributed by atoms with Crippen LogP contribution in [0.5, 0.6) is 0 Å². The number of carbonyl (C=O) groups is 3. The predicted octanol–water partition coefficient (Wildman–Crippen LogP) is 3.08. The van der Waals surface area contributed by atoms with Gasteiger partial charge in [-0.15, -0.1) is 0 Å². The third kappa shape index (κ3) is 5.28. The SMILES string of the molecule is C/C(=C\CNC(=O)OCC1c2ccccc2-c2ccccc21)C(=O)NCC1CC(C(=O)O)CO1. The minimum Gasteiger partial charge on any atom is -0.481 e. The summed E-state index contributed by atoms with van der Waals surface area (Å²) in [6.07, 6.45) is 1.12. The normalized spacial score (nSPS) is 19.3. The highest BCUT2D eigenvalue weighted by molar-refractivity contribution is 5.92. The van der Waals surface area contributed by atoms with Gasteiger partial charge in [-0.1, -0.05) is 54.6 Å². The van der Waals surface area contributed by atoms with Crippen LogP contribution in [0.25, 0.3) is 11.1 Å². The molecule has 178 valence electrons. The minimum absolute atomic E-state index is 0.0141. The fraction of sp³-hybridized carbons (Fsp3) is 0.346. The van der Waals surface area contributed by atoms with Crippen molar-refractivity contribution in [3.63, 3.8) is 0 Å². The van der Waals surface area contributed by atoms with Gasteiger partial charge in [-0.05, 0) is 35.6 Å². The number of carbonyl (C=O) groups excluding carboxylic acids is 2. The number of carboxylic acids is 1. The van der Waals surface area contributed by atoms with Crippen LogP contribution < -0.4 is 10.6 Å². The largest absolute Gasteiger partial charge is 0.481 e. The van der Waals surface area contributed by atoms with Gasteiger partial charge in [0.15, 0.2) is 0 Å². The first-order valence-corrected chi connectivity index (χ1v) is 11.3. The fourth-order valence-electron chi connectivity index (χ4n) is 4.40. The lowest BCUT2D eigenvalue weighted by molar-refractivity contribution is -0.141. The van der Waals surface area contributed by atoms with E-state index in [2.05, 4.69) is 34.9 Å². The molecule has 2 aromatic carbocycles. The Morgan fingerprint density at radius 2 is 1.71 bits per heavy atom. The van der Waals surface area contributed by atoms with E-state index in [0.29, 0.717) is 12.0 Å². The van der Waals surface area contributed by atoms with Crippen molar-refractivity contribution in [2.45, 2.75) is 25.4 Å². The first-order valence-electron chi connectivity index (χ1n) is 11.3. The van der Waals surface area contributed by atoms with Crippen LogP contribution in [0.3, 0.4) is 0 Å². The van der Waals surface area contributed by atoms with Gasteiger partial charge in [-0.3, -0.25) is 9.59 Å². The summed E-state index contributed by atoms with van der Waals surface area (Å²) < 4.78 is 10.9. The van der Waals surface area contributed by atoms with E-state index >= 15 is 0 Å². The van der Waals surface area contributed by atoms with Crippen LogP contribution in [0.15, 0.2) is 60.2 Å². The molecule has 0 radical (unpaired) electrons. The second kappa shape index (κ2) is 10.5. The van der Waals surface area contributed by atoms with Crippen molar-refractivity contribution in [2.75, 3.05) is 26.3 Å². The molecule has 1 saturated heterocycles. The standard InChI is InChI=1S/C26H28N2O6/c1-16(24(29)28-13-18-12-17(14-33-18)25(30)31)10-11-27-26(32)34-15-23-21-8-4-2-6-19(21)20-7-3-5-9-22(20)23/h2-10,17-18,23H,11-15H2,1H3,(H,27,32)(H,28,29)(H,30,31)/b16-10+. The molecule has 1 aliphatic heterocycles. The van der Waals surface area contributed by atoms with Crippen LogP contribution in [0.4, 0.5) is 4.79 Å². The van der Waals surface area contributed by atoms with Crippen LogP contribution in [0, 0.1) is 5.92 Å². The summed E-state index contributed by atoms with van der Waals surface area (Å²) in [6, 6.07) is 16.3. The van der Waals surface area contributed by atoms with Crippen molar-refractivity contribution in [3.05, 3.63) is 71.3 Å². The molecule has 2 atom stereocenters. The van der Waals surface area contributed by atoms with Crippen LogP contribution in [-0.4, -0.2) is 55.5 Å². The molecule has 2 amide bonds. The Morgan fingerprint density at radius 1 is 1.06 bits per heavy atom. The highest BCUT2D eigenvalue weighted by Crippen LogP contribution is 2.44. The van der Waals surface area contributed by atoms with Crippen LogP contribution in [-0.2, 0) is 19.1 Å². The molecule has 34 heavy (non-hydrogen) atoms. The average molecular weight is 465 g/mol. The van der Waals surface area contributed by atoms with Crippen molar-refractivity contribution in [2.24, 2.45) is 5.92 Å². The number of fused-ring (bicyclic) bond motifs is 3. The van der Waals surface area contributed by atoms with Gasteiger partial charge in [0.25, 0.3) is 0 Å². The van der Waals surface area contributed by atoms with Crippen LogP contribution in [0.2, 0.25) is 0 Å². The molecular weight excluding hydrogens is 436 g/mol. The number of aliphatic carboxylic acids is 1. The maximum atomic E-state index is 12.2. The van der Waals surface area contributed by atoms with E-state index in [9.17, 15) is 14.4 Å². The first kappa shape index (κ1) is 23.5. The number of hydrogen-bond acceptors (Lipinski definition) is 5. The van der Waals surface area contributed by atoms with Crippen LogP contribution in [0.1, 0.15) is 30.4 Å². The summed E-state index contributed by atoms with van der Waals surface area (Å²) in [4.78, 5) is 35.4. The Morgan fingerprint density at radius 3 is 2.32 bits per heavy atom. The van der Waals surface area contributed by atoms with Crippen molar-refractivity contribution in [1.82, 2.24) is 10.6 Å². The molecule has 4 rings (SSSR count). The summed E-state index contributed by atoms with van der Waals surface area (Å²) in [6.45, 7) is 2.42. The molecule has 0 aromatic heterocycles. The van der Waals surface area contributed by atoms with Crippen molar-refractivity contribution >= 4 is 18.0 Å². The third-order valence-electron chi connectivity index (χ3n) is 6.28. The van der Waals surface area contributed by atoms with E-state index in [1.165, 1.54) is 0 Å². The van der Waals surface area contributed by atoms with Gasteiger partial charge in [0.1, 0.15) is 6.61 Å². The second-order valence-corrected chi connectivity index (χ2v) is 8.53. The molecule has 0 bridgehead atoms. The maximum absolute atomic E-state index is 12.2. The first-order chi connectivity index (χ1) is 16.4. The summed E-state index contributed by atoms with van der Waals surface area (Å²) >= 11 is 0. The van der Waals surface area contributed by atoms with E-state index in [1.54, 1.807) is 13.0 Å². The van der Waals surface area contributed by atoms with Gasteiger partial charge < -0.3 is 25.2 Å². The van der Waals surface area contributed by atoms with Gasteiger partial charge >= 0.3 is 12.1 Å². The molecule has 8 heteroatoms. The van der Waals surface area contributed by atoms with E-state index in [0.717, 1.165) is 22.3 Å². The molecule has 1 aliphatic carbocycles. The van der Waals surface area contributed by atoms with E-state index < -0.39 is 18.0 Å². The molecule has 3 N–H and O–H groups in total. The fourth-order valence-corrected chi connectivity index (χ4v) is 4.40. The van der Waals surface area contributed by atoms with Gasteiger partial charge in [0.05, 0.1) is 18.6 Å². The minimum atomic E-state index is -0.885. The van der Waals surface area contributed by atoms with Gasteiger partial charge in [0.2, 0.25) is 5.91 Å². The Labute approximate surface area is 198 Å². The Hall–Kier alpha value is -3.65. The topological polar surface area (TPSA) is 114 Å². The average Bonchev–Trinajstić information content (AvgIpc) is 3.44. The quantitative estimate of drug-likeness (QED) is 0.518. The number of hydrogen-bond donors (Lipinski definition) is 3.